The zero-order valence-electron chi connectivity index (χ0n) is 13.5. The highest BCUT2D eigenvalue weighted by atomic mass is 16.5. The number of fused-ring (bicyclic) bond motifs is 1. The zero-order chi connectivity index (χ0) is 15.9. The van der Waals surface area contributed by atoms with Crippen LogP contribution in [0.1, 0.15) is 42.9 Å². The minimum Gasteiger partial charge on any atom is -0.480 e. The lowest BCUT2D eigenvalue weighted by Crippen LogP contribution is -2.39. The predicted octanol–water partition coefficient (Wildman–Crippen LogP) is 2.31. The molecule has 2 aromatic rings. The standard InChI is InChI=1S/C16H22N4O2/c1-10(2)12-6-5-9-19(12)16(21)15-11(3)17-13-7-8-14(22-4)18-20(13)15/h7-8,10,12H,5-6,9H2,1-4H3. The summed E-state index contributed by atoms with van der Waals surface area (Å²) in [4.78, 5) is 19.5. The van der Waals surface area contributed by atoms with Crippen LogP contribution < -0.4 is 4.74 Å². The predicted molar refractivity (Wildman–Crippen MR) is 83.2 cm³/mol. The molecule has 6 nitrogen and oxygen atoms in total. The van der Waals surface area contributed by atoms with E-state index in [9.17, 15) is 4.79 Å². The van der Waals surface area contributed by atoms with E-state index >= 15 is 0 Å². The number of methoxy groups -OCH3 is 1. The fraction of sp³-hybridized carbons (Fsp3) is 0.562. The van der Waals surface area contributed by atoms with E-state index in [1.807, 2.05) is 17.9 Å². The molecule has 0 spiro atoms. The maximum Gasteiger partial charge on any atom is 0.274 e. The Morgan fingerprint density at radius 2 is 2.18 bits per heavy atom. The van der Waals surface area contributed by atoms with Gasteiger partial charge in [-0.15, -0.1) is 5.10 Å². The summed E-state index contributed by atoms with van der Waals surface area (Å²) in [5.41, 5.74) is 1.92. The number of nitrogens with zero attached hydrogens (tertiary/aromatic N) is 4. The minimum atomic E-state index is 0.0157. The van der Waals surface area contributed by atoms with Crippen LogP contribution in [0.3, 0.4) is 0 Å². The second-order valence-electron chi connectivity index (χ2n) is 6.14. The highest BCUT2D eigenvalue weighted by molar-refractivity contribution is 5.95. The molecule has 1 unspecified atom stereocenters. The van der Waals surface area contributed by atoms with E-state index < -0.39 is 0 Å². The number of imidazole rings is 1. The number of carbonyl (C=O) groups is 1. The molecule has 0 aliphatic carbocycles. The van der Waals surface area contributed by atoms with E-state index in [1.54, 1.807) is 17.7 Å². The van der Waals surface area contributed by atoms with Crippen LogP contribution in [0.25, 0.3) is 5.65 Å². The Hall–Kier alpha value is -2.11. The van der Waals surface area contributed by atoms with Gasteiger partial charge < -0.3 is 9.64 Å². The molecular weight excluding hydrogens is 280 g/mol. The highest BCUT2D eigenvalue weighted by Crippen LogP contribution is 2.26. The number of likely N-dealkylation sites (tertiary alicyclic amines) is 1. The van der Waals surface area contributed by atoms with Crippen LogP contribution in [0.15, 0.2) is 12.1 Å². The van der Waals surface area contributed by atoms with Gasteiger partial charge in [-0.25, -0.2) is 9.50 Å². The highest BCUT2D eigenvalue weighted by Gasteiger charge is 2.34. The van der Waals surface area contributed by atoms with Gasteiger partial charge in [0.25, 0.3) is 5.91 Å². The number of hydrogen-bond acceptors (Lipinski definition) is 4. The normalized spacial score (nSPS) is 18.4. The van der Waals surface area contributed by atoms with Crippen LogP contribution in [0.4, 0.5) is 0 Å². The Kier molecular flexibility index (Phi) is 3.76. The third kappa shape index (κ3) is 2.32. The summed E-state index contributed by atoms with van der Waals surface area (Å²) in [6.07, 6.45) is 2.12. The molecule has 3 rings (SSSR count). The lowest BCUT2D eigenvalue weighted by molar-refractivity contribution is 0.0692. The molecule has 6 heteroatoms. The number of amides is 1. The van der Waals surface area contributed by atoms with Gasteiger partial charge in [-0.1, -0.05) is 13.8 Å². The Bertz CT molecular complexity index is 707. The van der Waals surface area contributed by atoms with E-state index in [0.29, 0.717) is 34.9 Å². The van der Waals surface area contributed by atoms with Gasteiger partial charge in [-0.3, -0.25) is 4.79 Å². The summed E-state index contributed by atoms with van der Waals surface area (Å²) in [7, 11) is 1.56. The second kappa shape index (κ2) is 5.59. The van der Waals surface area contributed by atoms with Crippen molar-refractivity contribution in [2.45, 2.75) is 39.7 Å². The number of aromatic nitrogens is 3. The molecule has 0 N–H and O–H groups in total. The number of hydrogen-bond donors (Lipinski definition) is 0. The molecular formula is C16H22N4O2. The van der Waals surface area contributed by atoms with Crippen LogP contribution in [0, 0.1) is 12.8 Å². The van der Waals surface area contributed by atoms with E-state index in [1.165, 1.54) is 0 Å². The molecule has 0 bridgehead atoms. The molecule has 1 fully saturated rings. The topological polar surface area (TPSA) is 59.7 Å². The molecule has 1 atom stereocenters. The summed E-state index contributed by atoms with van der Waals surface area (Å²) >= 11 is 0. The number of aryl methyl sites for hydroxylation is 1. The van der Waals surface area contributed by atoms with Crippen LogP contribution >= 0.6 is 0 Å². The van der Waals surface area contributed by atoms with Crippen LogP contribution in [-0.4, -0.2) is 45.1 Å². The first kappa shape index (κ1) is 14.8. The molecule has 118 valence electrons. The largest absolute Gasteiger partial charge is 0.480 e. The molecule has 3 heterocycles. The van der Waals surface area contributed by atoms with Crippen molar-refractivity contribution in [3.8, 4) is 5.88 Å². The first-order valence-corrected chi connectivity index (χ1v) is 7.74. The van der Waals surface area contributed by atoms with Crippen molar-refractivity contribution in [1.82, 2.24) is 19.5 Å². The van der Waals surface area contributed by atoms with Crippen molar-refractivity contribution in [2.24, 2.45) is 5.92 Å². The summed E-state index contributed by atoms with van der Waals surface area (Å²) in [6, 6.07) is 3.87. The Morgan fingerprint density at radius 1 is 1.41 bits per heavy atom. The fourth-order valence-electron chi connectivity index (χ4n) is 3.25. The summed E-state index contributed by atoms with van der Waals surface area (Å²) in [5, 5.41) is 4.36. The number of rotatable bonds is 3. The average molecular weight is 302 g/mol. The third-order valence-electron chi connectivity index (χ3n) is 4.37. The average Bonchev–Trinajstić information content (AvgIpc) is 3.09. The molecule has 0 saturated carbocycles. The smallest absolute Gasteiger partial charge is 0.274 e. The molecule has 22 heavy (non-hydrogen) atoms. The molecule has 0 aromatic carbocycles. The zero-order valence-corrected chi connectivity index (χ0v) is 13.5. The van der Waals surface area contributed by atoms with Gasteiger partial charge in [0.2, 0.25) is 5.88 Å². The van der Waals surface area contributed by atoms with Crippen molar-refractivity contribution in [1.29, 1.82) is 0 Å². The molecule has 1 saturated heterocycles. The number of carbonyl (C=O) groups excluding carboxylic acids is 1. The van der Waals surface area contributed by atoms with Crippen molar-refractivity contribution < 1.29 is 9.53 Å². The minimum absolute atomic E-state index is 0.0157. The SMILES string of the molecule is COc1ccc2nc(C)c(C(=O)N3CCCC3C(C)C)n2n1. The Balaban J connectivity index is 2.05. The number of ether oxygens (including phenoxy) is 1. The monoisotopic (exact) mass is 302 g/mol. The third-order valence-corrected chi connectivity index (χ3v) is 4.37. The van der Waals surface area contributed by atoms with Gasteiger partial charge in [-0.05, 0) is 31.7 Å². The van der Waals surface area contributed by atoms with Gasteiger partial charge in [0, 0.05) is 18.7 Å². The van der Waals surface area contributed by atoms with Crippen molar-refractivity contribution in [2.75, 3.05) is 13.7 Å². The quantitative estimate of drug-likeness (QED) is 0.873. The van der Waals surface area contributed by atoms with Crippen molar-refractivity contribution in [3.05, 3.63) is 23.5 Å². The van der Waals surface area contributed by atoms with Crippen LogP contribution in [-0.2, 0) is 0 Å². The van der Waals surface area contributed by atoms with E-state index in [-0.39, 0.29) is 5.91 Å². The van der Waals surface area contributed by atoms with Gasteiger partial charge in [0.05, 0.1) is 12.8 Å². The molecule has 1 aliphatic rings. The molecule has 1 amide bonds. The maximum absolute atomic E-state index is 13.0. The Morgan fingerprint density at radius 3 is 2.86 bits per heavy atom. The molecule has 2 aromatic heterocycles. The van der Waals surface area contributed by atoms with Gasteiger partial charge >= 0.3 is 0 Å². The first-order valence-electron chi connectivity index (χ1n) is 7.74. The Labute approximate surface area is 130 Å². The van der Waals surface area contributed by atoms with E-state index in [0.717, 1.165) is 19.4 Å². The summed E-state index contributed by atoms with van der Waals surface area (Å²) in [6.45, 7) is 6.99. The van der Waals surface area contributed by atoms with Crippen molar-refractivity contribution in [3.63, 3.8) is 0 Å². The van der Waals surface area contributed by atoms with E-state index in [2.05, 4.69) is 23.9 Å². The second-order valence-corrected chi connectivity index (χ2v) is 6.14. The maximum atomic E-state index is 13.0. The summed E-state index contributed by atoms with van der Waals surface area (Å²) < 4.78 is 6.77. The van der Waals surface area contributed by atoms with Gasteiger partial charge in [0.1, 0.15) is 0 Å². The lowest BCUT2D eigenvalue weighted by Gasteiger charge is -2.27. The molecule has 0 radical (unpaired) electrons. The summed E-state index contributed by atoms with van der Waals surface area (Å²) in [5.74, 6) is 0.941. The molecule has 1 aliphatic heterocycles. The first-order chi connectivity index (χ1) is 10.5. The van der Waals surface area contributed by atoms with Gasteiger partial charge in [0.15, 0.2) is 11.3 Å². The lowest BCUT2D eigenvalue weighted by atomic mass is 10.0. The fourth-order valence-corrected chi connectivity index (χ4v) is 3.25. The van der Waals surface area contributed by atoms with Crippen LogP contribution in [0.2, 0.25) is 0 Å². The van der Waals surface area contributed by atoms with Crippen LogP contribution in [0.5, 0.6) is 5.88 Å². The van der Waals surface area contributed by atoms with Gasteiger partial charge in [-0.2, -0.15) is 0 Å². The van der Waals surface area contributed by atoms with Crippen molar-refractivity contribution >= 4 is 11.6 Å². The van der Waals surface area contributed by atoms with E-state index in [4.69, 9.17) is 4.74 Å².